The first-order chi connectivity index (χ1) is 22.7. The van der Waals surface area contributed by atoms with Crippen molar-refractivity contribution < 1.29 is 36.2 Å². The number of nitrogens with zero attached hydrogens (tertiary/aromatic N) is 2. The zero-order valence-corrected chi connectivity index (χ0v) is 30.0. The Morgan fingerprint density at radius 1 is 1.00 bits per heavy atom. The van der Waals surface area contributed by atoms with Gasteiger partial charge in [0.1, 0.15) is 5.75 Å². The van der Waals surface area contributed by atoms with E-state index >= 15 is 0 Å². The molecule has 0 saturated heterocycles. The summed E-state index contributed by atoms with van der Waals surface area (Å²) in [5, 5.41) is 10.6. The molecule has 4 atom stereocenters. The molecule has 0 aromatic heterocycles. The van der Waals surface area contributed by atoms with Crippen LogP contribution in [0.4, 0.5) is 5.69 Å². The zero-order valence-electron chi connectivity index (χ0n) is 27.6. The van der Waals surface area contributed by atoms with Gasteiger partial charge >= 0.3 is 0 Å². The van der Waals surface area contributed by atoms with Crippen LogP contribution in [0.25, 0.3) is 0 Å². The van der Waals surface area contributed by atoms with E-state index in [9.17, 15) is 26.7 Å². The summed E-state index contributed by atoms with van der Waals surface area (Å²) in [7, 11) is -6.31. The van der Waals surface area contributed by atoms with Crippen molar-refractivity contribution in [2.24, 2.45) is 5.92 Å². The molecule has 48 heavy (non-hydrogen) atoms. The number of carbonyl (C=O) groups is 1. The highest BCUT2D eigenvalue weighted by Crippen LogP contribution is 2.30. The molecule has 1 heterocycles. The van der Waals surface area contributed by atoms with Gasteiger partial charge in [-0.05, 0) is 87.7 Å². The Labute approximate surface area is 288 Å². The smallest absolute Gasteiger partial charge is 0.261 e. The van der Waals surface area contributed by atoms with Crippen molar-refractivity contribution in [3.05, 3.63) is 83.4 Å². The number of rotatable bonds is 9. The second kappa shape index (κ2) is 16.5. The molecule has 0 fully saturated rings. The van der Waals surface area contributed by atoms with Gasteiger partial charge in [0.2, 0.25) is 10.0 Å². The van der Waals surface area contributed by atoms with Gasteiger partial charge in [-0.15, -0.1) is 0 Å². The van der Waals surface area contributed by atoms with Gasteiger partial charge in [0.15, 0.2) is 0 Å². The van der Waals surface area contributed by atoms with Gasteiger partial charge in [-0.25, -0.2) is 16.8 Å². The first-order valence-electron chi connectivity index (χ1n) is 15.9. The second-order valence-electron chi connectivity index (χ2n) is 12.2. The van der Waals surface area contributed by atoms with E-state index in [0.717, 1.165) is 6.42 Å². The molecule has 2 N–H and O–H groups in total. The fourth-order valence-electron chi connectivity index (χ4n) is 5.40. The highest BCUT2D eigenvalue weighted by atomic mass is 35.5. The third kappa shape index (κ3) is 9.48. The molecule has 0 radical (unpaired) electrons. The minimum Gasteiger partial charge on any atom is -0.490 e. The third-order valence-corrected chi connectivity index (χ3v) is 11.8. The molecule has 0 aliphatic carbocycles. The number of sulfonamides is 2. The molecule has 4 rings (SSSR count). The van der Waals surface area contributed by atoms with Crippen LogP contribution >= 0.6 is 11.6 Å². The SMILES string of the molecule is C[C@@H]1CN([C@H](C)CO)C(=O)c2cc(NS(=O)(=O)c3ccc(Cl)cc3)ccc2O[C@@H](C)CCCCO[C@@H]1CN(C)S(=O)(=O)c1ccccc1. The summed E-state index contributed by atoms with van der Waals surface area (Å²) in [6.45, 7) is 5.66. The monoisotopic (exact) mass is 721 g/mol. The Hall–Kier alpha value is -3.20. The highest BCUT2D eigenvalue weighted by molar-refractivity contribution is 7.92. The third-order valence-electron chi connectivity index (χ3n) is 8.32. The molecule has 0 spiro atoms. The van der Waals surface area contributed by atoms with Crippen molar-refractivity contribution in [1.82, 2.24) is 9.21 Å². The molecule has 3 aromatic rings. The van der Waals surface area contributed by atoms with Gasteiger partial charge in [-0.3, -0.25) is 9.52 Å². The predicted molar refractivity (Wildman–Crippen MR) is 185 cm³/mol. The van der Waals surface area contributed by atoms with Crippen molar-refractivity contribution in [2.45, 2.75) is 68.1 Å². The largest absolute Gasteiger partial charge is 0.490 e. The fraction of sp³-hybridized carbons (Fsp3) is 0.441. The second-order valence-corrected chi connectivity index (χ2v) is 16.3. The number of fused-ring (bicyclic) bond motifs is 1. The predicted octanol–water partition coefficient (Wildman–Crippen LogP) is 5.26. The Bertz CT molecular complexity index is 1740. The Balaban J connectivity index is 1.68. The topological polar surface area (TPSA) is 143 Å². The Kier molecular flexibility index (Phi) is 12.9. The van der Waals surface area contributed by atoms with Crippen molar-refractivity contribution in [3.8, 4) is 5.75 Å². The van der Waals surface area contributed by atoms with E-state index in [1.54, 1.807) is 31.2 Å². The number of aliphatic hydroxyl groups excluding tert-OH is 1. The maximum absolute atomic E-state index is 14.4. The number of amides is 1. The molecule has 1 aliphatic heterocycles. The number of hydrogen-bond donors (Lipinski definition) is 2. The molecule has 0 bridgehead atoms. The van der Waals surface area contributed by atoms with E-state index in [2.05, 4.69) is 4.72 Å². The van der Waals surface area contributed by atoms with Crippen LogP contribution in [0.1, 0.15) is 50.4 Å². The molecular formula is C34H44ClN3O8S2. The van der Waals surface area contributed by atoms with Gasteiger partial charge in [0.05, 0.1) is 40.2 Å². The molecule has 0 unspecified atom stereocenters. The number of benzene rings is 3. The molecule has 14 heteroatoms. The van der Waals surface area contributed by atoms with E-state index < -0.39 is 38.1 Å². The van der Waals surface area contributed by atoms with Crippen molar-refractivity contribution in [3.63, 3.8) is 0 Å². The lowest BCUT2D eigenvalue weighted by molar-refractivity contribution is -0.00833. The van der Waals surface area contributed by atoms with Crippen LogP contribution in [-0.4, -0.2) is 88.7 Å². The average molecular weight is 722 g/mol. The zero-order chi connectivity index (χ0) is 35.1. The lowest BCUT2D eigenvalue weighted by Crippen LogP contribution is -2.48. The number of carbonyl (C=O) groups excluding carboxylic acids is 1. The molecular weight excluding hydrogens is 678 g/mol. The van der Waals surface area contributed by atoms with Crippen LogP contribution in [0.2, 0.25) is 5.02 Å². The number of ether oxygens (including phenoxy) is 2. The lowest BCUT2D eigenvalue weighted by atomic mass is 10.0. The van der Waals surface area contributed by atoms with Gasteiger partial charge in [0, 0.05) is 43.4 Å². The van der Waals surface area contributed by atoms with E-state index in [1.165, 1.54) is 64.8 Å². The molecule has 1 amide bonds. The van der Waals surface area contributed by atoms with Crippen LogP contribution in [0.5, 0.6) is 5.75 Å². The first kappa shape index (κ1) is 37.6. The standard InChI is InChI=1S/C34H44ClN3O8S2/c1-24-21-38(25(2)23-39)34(40)31-20-28(36-47(41,42)29-16-13-27(35)14-17-29)15-18-32(31)46-26(3)10-8-9-19-45-33(24)22-37(4)48(43,44)30-11-6-5-7-12-30/h5-7,11-18,20,24-26,33,36,39H,8-10,19,21-23H2,1-4H3/t24-,25-,26+,33-/m1/s1. The molecule has 0 saturated carbocycles. The van der Waals surface area contributed by atoms with Crippen LogP contribution in [0.15, 0.2) is 82.6 Å². The van der Waals surface area contributed by atoms with Gasteiger partial charge < -0.3 is 19.5 Å². The molecule has 1 aliphatic rings. The first-order valence-corrected chi connectivity index (χ1v) is 19.2. The van der Waals surface area contributed by atoms with Crippen LogP contribution in [0.3, 0.4) is 0 Å². The van der Waals surface area contributed by atoms with Crippen LogP contribution in [0, 0.1) is 5.92 Å². The Morgan fingerprint density at radius 3 is 2.35 bits per heavy atom. The number of anilines is 1. The summed E-state index contributed by atoms with van der Waals surface area (Å²) >= 11 is 5.94. The number of likely N-dealkylation sites (N-methyl/N-ethyl adjacent to an activating group) is 1. The van der Waals surface area contributed by atoms with E-state index in [1.807, 2.05) is 13.8 Å². The van der Waals surface area contributed by atoms with Crippen molar-refractivity contribution in [1.29, 1.82) is 0 Å². The van der Waals surface area contributed by atoms with Gasteiger partial charge in [-0.1, -0.05) is 36.7 Å². The highest BCUT2D eigenvalue weighted by Gasteiger charge is 2.32. The average Bonchev–Trinajstić information content (AvgIpc) is 3.06. The number of nitrogens with one attached hydrogen (secondary N) is 1. The Morgan fingerprint density at radius 2 is 1.69 bits per heavy atom. The van der Waals surface area contributed by atoms with Crippen molar-refractivity contribution >= 4 is 43.2 Å². The van der Waals surface area contributed by atoms with Gasteiger partial charge in [-0.2, -0.15) is 4.31 Å². The van der Waals surface area contributed by atoms with E-state index in [0.29, 0.717) is 24.5 Å². The molecule has 262 valence electrons. The summed E-state index contributed by atoms with van der Waals surface area (Å²) < 4.78 is 69.4. The maximum atomic E-state index is 14.4. The quantitative estimate of drug-likeness (QED) is 0.305. The summed E-state index contributed by atoms with van der Waals surface area (Å²) in [4.78, 5) is 16.0. The van der Waals surface area contributed by atoms with E-state index in [-0.39, 0.29) is 58.5 Å². The minimum atomic E-state index is -4.01. The number of halogens is 1. The summed E-state index contributed by atoms with van der Waals surface area (Å²) in [6, 6.07) is 17.7. The van der Waals surface area contributed by atoms with Crippen LogP contribution in [-0.2, 0) is 24.8 Å². The van der Waals surface area contributed by atoms with Crippen LogP contribution < -0.4 is 9.46 Å². The normalized spacial score (nSPS) is 20.8. The summed E-state index contributed by atoms with van der Waals surface area (Å²) in [6.07, 6.45) is 1.26. The van der Waals surface area contributed by atoms with Gasteiger partial charge in [0.25, 0.3) is 15.9 Å². The minimum absolute atomic E-state index is 0.00201. The molecule has 11 nitrogen and oxygen atoms in total. The summed E-state index contributed by atoms with van der Waals surface area (Å²) in [5.74, 6) is -0.573. The lowest BCUT2D eigenvalue weighted by Gasteiger charge is -2.35. The fourth-order valence-corrected chi connectivity index (χ4v) is 7.78. The molecule has 3 aromatic carbocycles. The summed E-state index contributed by atoms with van der Waals surface area (Å²) in [5.41, 5.74) is 0.261. The number of aliphatic hydroxyl groups is 1. The van der Waals surface area contributed by atoms with E-state index in [4.69, 9.17) is 21.1 Å². The number of hydrogen-bond acceptors (Lipinski definition) is 8. The van der Waals surface area contributed by atoms with Crippen molar-refractivity contribution in [2.75, 3.05) is 38.1 Å². The maximum Gasteiger partial charge on any atom is 0.261 e.